The first kappa shape index (κ1) is 26.2. The normalized spacial score (nSPS) is 17.1. The molecule has 0 fully saturated rings. The van der Waals surface area contributed by atoms with E-state index in [0.29, 0.717) is 0 Å². The number of fused-ring (bicyclic) bond motifs is 11. The van der Waals surface area contributed by atoms with Gasteiger partial charge in [-0.3, -0.25) is 0 Å². The van der Waals surface area contributed by atoms with Gasteiger partial charge in [0.25, 0.3) is 0 Å². The molecule has 226 valence electrons. The van der Waals surface area contributed by atoms with Crippen molar-refractivity contribution >= 4 is 60.7 Å². The van der Waals surface area contributed by atoms with Gasteiger partial charge in [-0.05, 0) is 52.6 Å². The van der Waals surface area contributed by atoms with Crippen LogP contribution < -0.4 is 4.58 Å². The Balaban J connectivity index is 1.23. The molecule has 11 rings (SSSR count). The van der Waals surface area contributed by atoms with E-state index in [9.17, 15) is 0 Å². The average molecular weight is 615 g/mol. The molecular weight excluding hydrogens is 583 g/mol. The van der Waals surface area contributed by atoms with E-state index in [0.717, 1.165) is 0 Å². The molecule has 1 aliphatic heterocycles. The lowest BCUT2D eigenvalue weighted by molar-refractivity contribution is 0.660. The molecule has 48 heavy (non-hydrogen) atoms. The Kier molecular flexibility index (Phi) is 4.97. The van der Waals surface area contributed by atoms with Gasteiger partial charge < -0.3 is 9.13 Å². The molecule has 1 unspecified atom stereocenters. The lowest BCUT2D eigenvalue weighted by Gasteiger charge is -2.24. The lowest BCUT2D eigenvalue weighted by Crippen LogP contribution is -2.30. The zero-order valence-electron chi connectivity index (χ0n) is 26.9. The third-order valence-electron chi connectivity index (χ3n) is 11.2. The summed E-state index contributed by atoms with van der Waals surface area (Å²) in [6.45, 7) is 4.73. The van der Waals surface area contributed by atoms with Gasteiger partial charge in [0.15, 0.2) is 0 Å². The fourth-order valence-corrected chi connectivity index (χ4v) is 9.07. The molecule has 2 aliphatic carbocycles. The maximum absolute atomic E-state index is 2.58. The summed E-state index contributed by atoms with van der Waals surface area (Å²) in [4.78, 5) is 0. The van der Waals surface area contributed by atoms with Crippen molar-refractivity contribution in [3.63, 3.8) is 0 Å². The van der Waals surface area contributed by atoms with Gasteiger partial charge in [0.05, 0.1) is 16.6 Å². The number of rotatable bonds is 2. The van der Waals surface area contributed by atoms with E-state index in [-0.39, 0.29) is 11.5 Å². The monoisotopic (exact) mass is 614 g/mol. The van der Waals surface area contributed by atoms with Crippen LogP contribution in [-0.2, 0) is 5.41 Å². The topological polar surface area (TPSA) is 12.9 Å². The molecule has 0 bridgehead atoms. The molecule has 6 aromatic carbocycles. The van der Waals surface area contributed by atoms with E-state index in [1.807, 2.05) is 0 Å². The van der Waals surface area contributed by atoms with E-state index in [1.54, 1.807) is 0 Å². The van der Waals surface area contributed by atoms with Crippen LogP contribution in [0.15, 0.2) is 152 Å². The number of nitrogens with zero attached hydrogens (tertiary/aromatic N) is 3. The highest BCUT2D eigenvalue weighted by Crippen LogP contribution is 2.50. The molecule has 0 saturated heterocycles. The molecule has 0 N–H and O–H groups in total. The molecule has 8 aromatic rings. The van der Waals surface area contributed by atoms with Gasteiger partial charge in [0, 0.05) is 56.9 Å². The minimum absolute atomic E-state index is 0.0640. The van der Waals surface area contributed by atoms with Crippen LogP contribution >= 0.6 is 0 Å². The maximum Gasteiger partial charge on any atom is 0.235 e. The summed E-state index contributed by atoms with van der Waals surface area (Å²) in [5, 5.41) is 5.15. The van der Waals surface area contributed by atoms with Gasteiger partial charge in [-0.15, -0.1) is 0 Å². The summed E-state index contributed by atoms with van der Waals surface area (Å²) in [5.74, 6) is 0. The number of hydrogen-bond donors (Lipinski definition) is 0. The SMILES string of the molecule is CC1(C)c2ccccc2-c2ccc(-n3c4ccccc4c4cc5c6cccc7c6n(c5cc43)C3C=CC=CC3=[N+]7c3ccccc3)cc21. The molecule has 3 aliphatic rings. The Morgan fingerprint density at radius 2 is 1.35 bits per heavy atom. The Bertz CT molecular complexity index is 2800. The second kappa shape index (κ2) is 9.11. The van der Waals surface area contributed by atoms with Crippen molar-refractivity contribution < 1.29 is 0 Å². The summed E-state index contributed by atoms with van der Waals surface area (Å²) >= 11 is 0. The van der Waals surface area contributed by atoms with Gasteiger partial charge in [0.1, 0.15) is 11.6 Å². The van der Waals surface area contributed by atoms with Crippen LogP contribution in [0.25, 0.3) is 60.4 Å². The van der Waals surface area contributed by atoms with E-state index in [1.165, 1.54) is 88.6 Å². The molecule has 3 nitrogen and oxygen atoms in total. The van der Waals surface area contributed by atoms with Crippen LogP contribution in [0.1, 0.15) is 31.0 Å². The van der Waals surface area contributed by atoms with E-state index < -0.39 is 0 Å². The minimum Gasteiger partial charge on any atom is -0.318 e. The zero-order valence-corrected chi connectivity index (χ0v) is 26.9. The van der Waals surface area contributed by atoms with Crippen molar-refractivity contribution in [1.29, 1.82) is 0 Å². The van der Waals surface area contributed by atoms with Crippen molar-refractivity contribution in [2.24, 2.45) is 0 Å². The van der Waals surface area contributed by atoms with Gasteiger partial charge in [0.2, 0.25) is 17.1 Å². The quantitative estimate of drug-likeness (QED) is 0.172. The highest BCUT2D eigenvalue weighted by molar-refractivity contribution is 6.22. The van der Waals surface area contributed by atoms with Crippen LogP contribution in [0.3, 0.4) is 0 Å². The highest BCUT2D eigenvalue weighted by atomic mass is 15.2. The molecule has 0 radical (unpaired) electrons. The van der Waals surface area contributed by atoms with Gasteiger partial charge in [-0.2, -0.15) is 4.58 Å². The molecule has 3 heteroatoms. The fourth-order valence-electron chi connectivity index (χ4n) is 9.07. The number of aromatic nitrogens is 2. The number of hydrogen-bond acceptors (Lipinski definition) is 0. The molecule has 2 aromatic heterocycles. The van der Waals surface area contributed by atoms with E-state index in [2.05, 4.69) is 179 Å². The van der Waals surface area contributed by atoms with E-state index in [4.69, 9.17) is 0 Å². The standard InChI is InChI=1S/C45H32N3/c1-45(2)36-18-8-6-15-30(36)31-24-23-29(25-37(31)45)47-38-19-9-7-16-32(38)34-26-35-33-17-12-22-41-44(33)48(43(35)27-42(34)47)40-21-11-10-20-39(40)46(41)28-13-4-3-5-14-28/h3-27,40H,1-2H3/q+1. The van der Waals surface area contributed by atoms with Crippen LogP contribution in [0.2, 0.25) is 0 Å². The summed E-state index contributed by atoms with van der Waals surface area (Å²) in [7, 11) is 0. The van der Waals surface area contributed by atoms with Gasteiger partial charge >= 0.3 is 0 Å². The minimum atomic E-state index is -0.0640. The first-order valence-corrected chi connectivity index (χ1v) is 16.9. The number of para-hydroxylation sites is 3. The van der Waals surface area contributed by atoms with E-state index >= 15 is 0 Å². The van der Waals surface area contributed by atoms with Crippen LogP contribution in [0.5, 0.6) is 0 Å². The third kappa shape index (κ3) is 3.21. The number of benzene rings is 6. The Morgan fingerprint density at radius 1 is 0.583 bits per heavy atom. The Hall–Kier alpha value is -5.93. The number of allylic oxidation sites excluding steroid dienone is 4. The highest BCUT2D eigenvalue weighted by Gasteiger charge is 2.38. The fraction of sp³-hybridized carbons (Fsp3) is 0.0889. The summed E-state index contributed by atoms with van der Waals surface area (Å²) < 4.78 is 7.53. The molecule has 3 heterocycles. The van der Waals surface area contributed by atoms with Crippen molar-refractivity contribution in [2.45, 2.75) is 25.3 Å². The van der Waals surface area contributed by atoms with Gasteiger partial charge in [-0.25, -0.2) is 0 Å². The predicted octanol–water partition coefficient (Wildman–Crippen LogP) is 11.2. The third-order valence-corrected chi connectivity index (χ3v) is 11.2. The van der Waals surface area contributed by atoms with Crippen molar-refractivity contribution in [3.8, 4) is 16.8 Å². The molecule has 0 amide bonds. The van der Waals surface area contributed by atoms with Crippen molar-refractivity contribution in [3.05, 3.63) is 163 Å². The van der Waals surface area contributed by atoms with Crippen LogP contribution in [0, 0.1) is 0 Å². The second-order valence-electron chi connectivity index (χ2n) is 14.0. The van der Waals surface area contributed by atoms with Crippen LogP contribution in [-0.4, -0.2) is 14.8 Å². The first-order valence-electron chi connectivity index (χ1n) is 16.9. The summed E-state index contributed by atoms with van der Waals surface area (Å²) in [5.41, 5.74) is 15.3. The molecule has 1 atom stereocenters. The second-order valence-corrected chi connectivity index (χ2v) is 14.0. The van der Waals surface area contributed by atoms with Crippen molar-refractivity contribution in [2.75, 3.05) is 0 Å². The first-order chi connectivity index (χ1) is 23.6. The smallest absolute Gasteiger partial charge is 0.235 e. The molecule has 0 spiro atoms. The Morgan fingerprint density at radius 3 is 2.27 bits per heavy atom. The molecular formula is C45H32N3+. The predicted molar refractivity (Wildman–Crippen MR) is 202 cm³/mol. The van der Waals surface area contributed by atoms with Crippen LogP contribution in [0.4, 0.5) is 11.4 Å². The maximum atomic E-state index is 2.58. The van der Waals surface area contributed by atoms with Crippen molar-refractivity contribution in [1.82, 2.24) is 13.7 Å². The summed E-state index contributed by atoms with van der Waals surface area (Å²) in [6, 6.07) is 47.5. The van der Waals surface area contributed by atoms with Gasteiger partial charge in [-0.1, -0.05) is 111 Å². The molecule has 0 saturated carbocycles. The average Bonchev–Trinajstić information content (AvgIpc) is 3.72. The lowest BCUT2D eigenvalue weighted by atomic mass is 9.82. The Labute approximate surface area is 278 Å². The largest absolute Gasteiger partial charge is 0.318 e. The zero-order chi connectivity index (χ0) is 31.7. The summed E-state index contributed by atoms with van der Waals surface area (Å²) in [6.07, 6.45) is 9.00.